The highest BCUT2D eigenvalue weighted by atomic mass is 79.9. The first-order valence-electron chi connectivity index (χ1n) is 8.34. The third kappa shape index (κ3) is 4.65. The van der Waals surface area contributed by atoms with Gasteiger partial charge in [0.15, 0.2) is 11.6 Å². The molecule has 0 saturated carbocycles. The molecule has 1 saturated heterocycles. The molecule has 138 valence electrons. The summed E-state index contributed by atoms with van der Waals surface area (Å²) in [6, 6.07) is 7.93. The van der Waals surface area contributed by atoms with Crippen LogP contribution in [-0.2, 0) is 6.54 Å². The minimum absolute atomic E-state index is 0.0284. The lowest BCUT2D eigenvalue weighted by molar-refractivity contribution is 0.0908. The molecule has 0 unspecified atom stereocenters. The number of nitrogens with zero attached hydrogens (tertiary/aromatic N) is 1. The Hall–Kier alpha value is -1.86. The molecule has 0 atom stereocenters. The monoisotopic (exact) mass is 426 g/mol. The molecular weight excluding hydrogens is 409 g/mol. The fraction of sp³-hybridized carbons (Fsp3) is 0.316. The molecule has 0 aromatic heterocycles. The smallest absolute Gasteiger partial charge is 0.252 e. The molecule has 0 bridgehead atoms. The molecule has 2 aromatic rings. The molecule has 7 heteroatoms. The van der Waals surface area contributed by atoms with E-state index in [0.717, 1.165) is 37.6 Å². The molecule has 0 radical (unpaired) electrons. The predicted octanol–water partition coefficient (Wildman–Crippen LogP) is 4.26. The lowest BCUT2D eigenvalue weighted by Gasteiger charge is -2.32. The van der Waals surface area contributed by atoms with Gasteiger partial charge < -0.3 is 5.32 Å². The molecule has 1 heterocycles. The van der Waals surface area contributed by atoms with E-state index in [9.17, 15) is 18.0 Å². The Morgan fingerprint density at radius 2 is 1.81 bits per heavy atom. The average molecular weight is 427 g/mol. The number of carbonyl (C=O) groups excluding carboxylic acids is 1. The zero-order chi connectivity index (χ0) is 18.7. The number of likely N-dealkylation sites (tertiary alicyclic amines) is 1. The van der Waals surface area contributed by atoms with Crippen LogP contribution in [0.25, 0.3) is 0 Å². The first kappa shape index (κ1) is 18.9. The third-order valence-corrected chi connectivity index (χ3v) is 5.14. The highest BCUT2D eigenvalue weighted by molar-refractivity contribution is 9.10. The normalized spacial score (nSPS) is 15.8. The standard InChI is InChI=1S/C19H18BrF3N2O/c20-16-10-13(21)2-3-15(16)19(26)24-14-5-7-25(8-6-14)11-12-1-4-17(22)18(23)9-12/h1-4,9-10,14H,5-8,11H2,(H,24,26). The van der Waals surface area contributed by atoms with Gasteiger partial charge in [-0.15, -0.1) is 0 Å². The van der Waals surface area contributed by atoms with Crippen molar-refractivity contribution >= 4 is 21.8 Å². The van der Waals surface area contributed by atoms with Crippen molar-refractivity contribution < 1.29 is 18.0 Å². The summed E-state index contributed by atoms with van der Waals surface area (Å²) in [5.74, 6) is -2.33. The minimum atomic E-state index is -0.845. The second-order valence-electron chi connectivity index (χ2n) is 6.40. The number of hydrogen-bond donors (Lipinski definition) is 1. The molecule has 3 nitrogen and oxygen atoms in total. The Morgan fingerprint density at radius 3 is 2.46 bits per heavy atom. The van der Waals surface area contributed by atoms with Crippen LogP contribution in [0.1, 0.15) is 28.8 Å². The van der Waals surface area contributed by atoms with E-state index in [2.05, 4.69) is 26.1 Å². The number of hydrogen-bond acceptors (Lipinski definition) is 2. The molecule has 1 aliphatic heterocycles. The number of benzene rings is 2. The van der Waals surface area contributed by atoms with Gasteiger partial charge in [0.05, 0.1) is 5.56 Å². The highest BCUT2D eigenvalue weighted by Gasteiger charge is 2.22. The van der Waals surface area contributed by atoms with Gasteiger partial charge in [-0.2, -0.15) is 0 Å². The fourth-order valence-corrected chi connectivity index (χ4v) is 3.60. The minimum Gasteiger partial charge on any atom is -0.349 e. The third-order valence-electron chi connectivity index (χ3n) is 4.49. The lowest BCUT2D eigenvalue weighted by Crippen LogP contribution is -2.44. The number of amides is 1. The Balaban J connectivity index is 1.51. The average Bonchev–Trinajstić information content (AvgIpc) is 2.60. The van der Waals surface area contributed by atoms with Crippen LogP contribution in [0.4, 0.5) is 13.2 Å². The van der Waals surface area contributed by atoms with Gasteiger partial charge in [0.1, 0.15) is 5.82 Å². The number of nitrogens with one attached hydrogen (secondary N) is 1. The van der Waals surface area contributed by atoms with Gasteiger partial charge >= 0.3 is 0 Å². The summed E-state index contributed by atoms with van der Waals surface area (Å²) in [5.41, 5.74) is 1.12. The quantitative estimate of drug-likeness (QED) is 0.791. The summed E-state index contributed by atoms with van der Waals surface area (Å²) >= 11 is 3.20. The number of halogens is 4. The van der Waals surface area contributed by atoms with E-state index in [1.165, 1.54) is 24.3 Å². The van der Waals surface area contributed by atoms with Crippen molar-refractivity contribution in [2.75, 3.05) is 13.1 Å². The Bertz CT molecular complexity index is 807. The van der Waals surface area contributed by atoms with Crippen LogP contribution in [0.5, 0.6) is 0 Å². The van der Waals surface area contributed by atoms with Gasteiger partial charge in [0.2, 0.25) is 0 Å². The number of piperidine rings is 1. The summed E-state index contributed by atoms with van der Waals surface area (Å²) in [6.45, 7) is 2.03. The van der Waals surface area contributed by atoms with Crippen molar-refractivity contribution in [3.05, 3.63) is 69.4 Å². The molecule has 3 rings (SSSR count). The Kier molecular flexibility index (Phi) is 5.98. The van der Waals surface area contributed by atoms with Crippen LogP contribution in [0.2, 0.25) is 0 Å². The van der Waals surface area contributed by atoms with Crippen LogP contribution in [0.15, 0.2) is 40.9 Å². The van der Waals surface area contributed by atoms with Gasteiger partial charge in [-0.05, 0) is 64.7 Å². The first-order chi connectivity index (χ1) is 12.4. The topological polar surface area (TPSA) is 32.3 Å². The summed E-state index contributed by atoms with van der Waals surface area (Å²) in [6.07, 6.45) is 1.52. The lowest BCUT2D eigenvalue weighted by atomic mass is 10.0. The van der Waals surface area contributed by atoms with E-state index >= 15 is 0 Å². The Morgan fingerprint density at radius 1 is 1.08 bits per heavy atom. The van der Waals surface area contributed by atoms with Crippen LogP contribution in [0.3, 0.4) is 0 Å². The second kappa shape index (κ2) is 8.22. The highest BCUT2D eigenvalue weighted by Crippen LogP contribution is 2.20. The maximum atomic E-state index is 13.3. The largest absolute Gasteiger partial charge is 0.349 e. The molecule has 0 spiro atoms. The SMILES string of the molecule is O=C(NC1CCN(Cc2ccc(F)c(F)c2)CC1)c1ccc(F)cc1Br. The van der Waals surface area contributed by atoms with Crippen LogP contribution >= 0.6 is 15.9 Å². The Labute approximate surface area is 158 Å². The van der Waals surface area contributed by atoms with Crippen molar-refractivity contribution in [1.82, 2.24) is 10.2 Å². The van der Waals surface area contributed by atoms with E-state index < -0.39 is 17.5 Å². The van der Waals surface area contributed by atoms with Crippen molar-refractivity contribution in [2.45, 2.75) is 25.4 Å². The van der Waals surface area contributed by atoms with Gasteiger partial charge in [-0.1, -0.05) is 6.07 Å². The van der Waals surface area contributed by atoms with Crippen LogP contribution in [0, 0.1) is 17.5 Å². The van der Waals surface area contributed by atoms with Crippen molar-refractivity contribution in [1.29, 1.82) is 0 Å². The van der Waals surface area contributed by atoms with Crippen molar-refractivity contribution in [3.8, 4) is 0 Å². The summed E-state index contributed by atoms with van der Waals surface area (Å²) in [4.78, 5) is 14.5. The van der Waals surface area contributed by atoms with Gasteiger partial charge in [-0.25, -0.2) is 13.2 Å². The van der Waals surface area contributed by atoms with Gasteiger partial charge in [0.25, 0.3) is 5.91 Å². The van der Waals surface area contributed by atoms with E-state index in [1.54, 1.807) is 6.07 Å². The molecule has 26 heavy (non-hydrogen) atoms. The molecule has 1 aliphatic rings. The maximum absolute atomic E-state index is 13.3. The predicted molar refractivity (Wildman–Crippen MR) is 96.2 cm³/mol. The summed E-state index contributed by atoms with van der Waals surface area (Å²) in [7, 11) is 0. The number of carbonyl (C=O) groups is 1. The second-order valence-corrected chi connectivity index (χ2v) is 7.25. The molecule has 1 fully saturated rings. The van der Waals surface area contributed by atoms with Gasteiger partial charge in [0, 0.05) is 30.1 Å². The number of rotatable bonds is 4. The fourth-order valence-electron chi connectivity index (χ4n) is 3.07. The zero-order valence-electron chi connectivity index (χ0n) is 13.9. The molecule has 2 aromatic carbocycles. The summed E-state index contributed by atoms with van der Waals surface area (Å²) in [5, 5.41) is 2.97. The zero-order valence-corrected chi connectivity index (χ0v) is 15.5. The maximum Gasteiger partial charge on any atom is 0.252 e. The molecule has 1 amide bonds. The van der Waals surface area contributed by atoms with Crippen molar-refractivity contribution in [3.63, 3.8) is 0 Å². The molecule has 1 N–H and O–H groups in total. The van der Waals surface area contributed by atoms with Crippen LogP contribution < -0.4 is 5.32 Å². The van der Waals surface area contributed by atoms with E-state index in [-0.39, 0.29) is 11.9 Å². The molecule has 0 aliphatic carbocycles. The summed E-state index contributed by atoms with van der Waals surface area (Å²) < 4.78 is 39.8. The van der Waals surface area contributed by atoms with Crippen LogP contribution in [-0.4, -0.2) is 29.9 Å². The van der Waals surface area contributed by atoms with E-state index in [1.807, 2.05) is 0 Å². The molecular formula is C19H18BrF3N2O. The first-order valence-corrected chi connectivity index (χ1v) is 9.14. The van der Waals surface area contributed by atoms with Gasteiger partial charge in [-0.3, -0.25) is 9.69 Å². The van der Waals surface area contributed by atoms with Crippen molar-refractivity contribution in [2.24, 2.45) is 0 Å². The van der Waals surface area contributed by atoms with E-state index in [0.29, 0.717) is 16.6 Å². The van der Waals surface area contributed by atoms with E-state index in [4.69, 9.17) is 0 Å².